The molecule has 0 radical (unpaired) electrons. The molecule has 0 amide bonds. The number of rotatable bonds is 6. The first kappa shape index (κ1) is 16.0. The molecule has 2 aromatic carbocycles. The van der Waals surface area contributed by atoms with Crippen molar-refractivity contribution in [3.05, 3.63) is 67.0 Å². The van der Waals surface area contributed by atoms with Gasteiger partial charge in [-0.25, -0.2) is 4.98 Å². The van der Waals surface area contributed by atoms with Gasteiger partial charge in [0.1, 0.15) is 0 Å². The summed E-state index contributed by atoms with van der Waals surface area (Å²) in [5.74, 6) is -0.181. The molecule has 122 valence electrons. The van der Waals surface area contributed by atoms with Crippen LogP contribution in [0.3, 0.4) is 0 Å². The Morgan fingerprint density at radius 1 is 1.00 bits per heavy atom. The average Bonchev–Trinajstić information content (AvgIpc) is 3.07. The van der Waals surface area contributed by atoms with E-state index < -0.39 is 0 Å². The van der Waals surface area contributed by atoms with Gasteiger partial charge < -0.3 is 9.30 Å². The molecule has 0 bridgehead atoms. The number of carbonyl (C=O) groups excluding carboxylic acids is 1. The van der Waals surface area contributed by atoms with Crippen LogP contribution in [-0.2, 0) is 16.1 Å². The zero-order valence-electron chi connectivity index (χ0n) is 13.7. The van der Waals surface area contributed by atoms with Gasteiger partial charge in [0.05, 0.1) is 24.8 Å². The average molecular weight is 320 g/mol. The maximum absolute atomic E-state index is 11.3. The number of methoxy groups -OCH3 is 1. The molecule has 1 aromatic heterocycles. The van der Waals surface area contributed by atoms with Crippen molar-refractivity contribution < 1.29 is 9.53 Å². The van der Waals surface area contributed by atoms with Crippen molar-refractivity contribution >= 4 is 5.97 Å². The van der Waals surface area contributed by atoms with Gasteiger partial charge >= 0.3 is 5.97 Å². The molecular weight excluding hydrogens is 300 g/mol. The van der Waals surface area contributed by atoms with Crippen LogP contribution in [-0.4, -0.2) is 22.6 Å². The van der Waals surface area contributed by atoms with Crippen molar-refractivity contribution in [1.29, 1.82) is 0 Å². The molecule has 1 heterocycles. The number of hydrogen-bond acceptors (Lipinski definition) is 3. The molecule has 4 heteroatoms. The Kier molecular flexibility index (Phi) is 5.06. The summed E-state index contributed by atoms with van der Waals surface area (Å²) in [6.07, 6.45) is 2.97. The highest BCUT2D eigenvalue weighted by molar-refractivity contribution is 5.78. The van der Waals surface area contributed by atoms with E-state index in [-0.39, 0.29) is 5.97 Å². The summed E-state index contributed by atoms with van der Waals surface area (Å²) in [5.41, 5.74) is 4.24. The van der Waals surface area contributed by atoms with E-state index in [1.54, 1.807) is 0 Å². The van der Waals surface area contributed by atoms with E-state index in [9.17, 15) is 4.79 Å². The van der Waals surface area contributed by atoms with Gasteiger partial charge in [-0.2, -0.15) is 0 Å². The van der Waals surface area contributed by atoms with Crippen molar-refractivity contribution in [2.24, 2.45) is 0 Å². The number of esters is 1. The van der Waals surface area contributed by atoms with Gasteiger partial charge in [-0.05, 0) is 6.42 Å². The van der Waals surface area contributed by atoms with Crippen LogP contribution in [0.25, 0.3) is 22.5 Å². The predicted octanol–water partition coefficient (Wildman–Crippen LogP) is 4.17. The summed E-state index contributed by atoms with van der Waals surface area (Å²) in [4.78, 5) is 16.0. The van der Waals surface area contributed by atoms with Crippen LogP contribution in [0.4, 0.5) is 0 Å². The minimum atomic E-state index is -0.181. The van der Waals surface area contributed by atoms with E-state index in [1.165, 1.54) is 7.11 Å². The Hall–Kier alpha value is -2.88. The minimum absolute atomic E-state index is 0.181. The molecule has 0 saturated heterocycles. The number of nitrogens with zero attached hydrogens (tertiary/aromatic N) is 2. The third-order valence-electron chi connectivity index (χ3n) is 3.94. The van der Waals surface area contributed by atoms with Crippen LogP contribution in [0.1, 0.15) is 12.8 Å². The number of imidazole rings is 1. The number of benzene rings is 2. The Morgan fingerprint density at radius 2 is 1.62 bits per heavy atom. The van der Waals surface area contributed by atoms with E-state index in [2.05, 4.69) is 33.8 Å². The van der Waals surface area contributed by atoms with Crippen molar-refractivity contribution in [2.45, 2.75) is 19.4 Å². The molecule has 24 heavy (non-hydrogen) atoms. The summed E-state index contributed by atoms with van der Waals surface area (Å²) < 4.78 is 6.83. The van der Waals surface area contributed by atoms with Crippen LogP contribution in [0.2, 0.25) is 0 Å². The molecule has 0 N–H and O–H groups in total. The molecule has 0 saturated carbocycles. The number of ether oxygens (including phenoxy) is 1. The van der Waals surface area contributed by atoms with Crippen molar-refractivity contribution in [3.8, 4) is 22.5 Å². The number of aromatic nitrogens is 2. The normalized spacial score (nSPS) is 10.5. The Morgan fingerprint density at radius 3 is 2.25 bits per heavy atom. The number of carbonyl (C=O) groups is 1. The lowest BCUT2D eigenvalue weighted by Crippen LogP contribution is -2.04. The van der Waals surface area contributed by atoms with Crippen LogP contribution in [0, 0.1) is 0 Å². The number of hydrogen-bond donors (Lipinski definition) is 0. The molecule has 0 aliphatic heterocycles. The molecular formula is C20H20N2O2. The van der Waals surface area contributed by atoms with E-state index >= 15 is 0 Å². The van der Waals surface area contributed by atoms with E-state index in [4.69, 9.17) is 4.74 Å². The maximum atomic E-state index is 11.3. The zero-order valence-corrected chi connectivity index (χ0v) is 13.7. The highest BCUT2D eigenvalue weighted by atomic mass is 16.5. The molecule has 0 atom stereocenters. The fraction of sp³-hybridized carbons (Fsp3) is 0.200. The lowest BCUT2D eigenvalue weighted by atomic mass is 10.0. The molecule has 0 aliphatic carbocycles. The second-order valence-electron chi connectivity index (χ2n) is 5.55. The van der Waals surface area contributed by atoms with E-state index in [0.717, 1.165) is 35.5 Å². The van der Waals surface area contributed by atoms with Crippen molar-refractivity contribution in [1.82, 2.24) is 9.55 Å². The lowest BCUT2D eigenvalue weighted by Gasteiger charge is -2.10. The summed E-state index contributed by atoms with van der Waals surface area (Å²) in [6.45, 7) is 0.721. The summed E-state index contributed by atoms with van der Waals surface area (Å²) in [6, 6.07) is 20.4. The highest BCUT2D eigenvalue weighted by Crippen LogP contribution is 2.31. The largest absolute Gasteiger partial charge is 0.469 e. The third kappa shape index (κ3) is 3.54. The fourth-order valence-corrected chi connectivity index (χ4v) is 2.75. The van der Waals surface area contributed by atoms with Gasteiger partial charge in [0.15, 0.2) is 0 Å². The molecule has 0 aliphatic rings. The monoisotopic (exact) mass is 320 g/mol. The standard InChI is InChI=1S/C20H20N2O2/c1-24-18(23)13-8-14-22-15-21-19(16-9-4-2-5-10-16)20(22)17-11-6-3-7-12-17/h2-7,9-12,15H,8,13-14H2,1H3. The Labute approximate surface area is 141 Å². The van der Waals surface area contributed by atoms with Crippen LogP contribution in [0.5, 0.6) is 0 Å². The zero-order chi connectivity index (χ0) is 16.8. The first-order chi connectivity index (χ1) is 11.8. The van der Waals surface area contributed by atoms with Gasteiger partial charge in [0.25, 0.3) is 0 Å². The minimum Gasteiger partial charge on any atom is -0.469 e. The predicted molar refractivity (Wildman–Crippen MR) is 94.3 cm³/mol. The van der Waals surface area contributed by atoms with Gasteiger partial charge in [0, 0.05) is 24.1 Å². The SMILES string of the molecule is COC(=O)CCCn1cnc(-c2ccccc2)c1-c1ccccc1. The lowest BCUT2D eigenvalue weighted by molar-refractivity contribution is -0.140. The second kappa shape index (κ2) is 7.59. The van der Waals surface area contributed by atoms with Gasteiger partial charge in [0.2, 0.25) is 0 Å². The molecule has 0 unspecified atom stereocenters. The van der Waals surface area contributed by atoms with Gasteiger partial charge in [-0.3, -0.25) is 4.79 Å². The third-order valence-corrected chi connectivity index (χ3v) is 3.94. The van der Waals surface area contributed by atoms with Gasteiger partial charge in [-0.15, -0.1) is 0 Å². The summed E-state index contributed by atoms with van der Waals surface area (Å²) in [5, 5.41) is 0. The molecule has 0 fully saturated rings. The Bertz CT molecular complexity index is 795. The first-order valence-electron chi connectivity index (χ1n) is 8.02. The van der Waals surface area contributed by atoms with Gasteiger partial charge in [-0.1, -0.05) is 60.7 Å². The molecule has 3 aromatic rings. The highest BCUT2D eigenvalue weighted by Gasteiger charge is 2.14. The van der Waals surface area contributed by atoms with Crippen molar-refractivity contribution in [2.75, 3.05) is 7.11 Å². The Balaban J connectivity index is 1.95. The molecule has 0 spiro atoms. The maximum Gasteiger partial charge on any atom is 0.305 e. The molecule has 3 rings (SSSR count). The van der Waals surface area contributed by atoms with Crippen LogP contribution in [0.15, 0.2) is 67.0 Å². The summed E-state index contributed by atoms with van der Waals surface area (Å²) >= 11 is 0. The van der Waals surface area contributed by atoms with Crippen molar-refractivity contribution in [3.63, 3.8) is 0 Å². The fourth-order valence-electron chi connectivity index (χ4n) is 2.75. The topological polar surface area (TPSA) is 44.1 Å². The van der Waals surface area contributed by atoms with Crippen LogP contribution >= 0.6 is 0 Å². The quantitative estimate of drug-likeness (QED) is 0.640. The van der Waals surface area contributed by atoms with E-state index in [1.807, 2.05) is 42.7 Å². The molecule has 4 nitrogen and oxygen atoms in total. The first-order valence-corrected chi connectivity index (χ1v) is 8.02. The number of aryl methyl sites for hydroxylation is 1. The smallest absolute Gasteiger partial charge is 0.305 e. The van der Waals surface area contributed by atoms with Crippen LogP contribution < -0.4 is 0 Å². The second-order valence-corrected chi connectivity index (χ2v) is 5.55. The summed E-state index contributed by atoms with van der Waals surface area (Å²) in [7, 11) is 1.42. The van der Waals surface area contributed by atoms with E-state index in [0.29, 0.717) is 6.42 Å².